The molecule has 0 aliphatic heterocycles. The van der Waals surface area contributed by atoms with Gasteiger partial charge in [0.15, 0.2) is 5.78 Å². The van der Waals surface area contributed by atoms with E-state index < -0.39 is 0 Å². The molecule has 1 aliphatic rings. The lowest BCUT2D eigenvalue weighted by Crippen LogP contribution is -2.32. The molecule has 0 radical (unpaired) electrons. The van der Waals surface area contributed by atoms with Crippen molar-refractivity contribution in [3.05, 3.63) is 34.9 Å². The quantitative estimate of drug-likeness (QED) is 0.777. The van der Waals surface area contributed by atoms with Gasteiger partial charge in [0.2, 0.25) is 0 Å². The Kier molecular flexibility index (Phi) is 2.57. The van der Waals surface area contributed by atoms with Crippen molar-refractivity contribution >= 4 is 17.4 Å². The van der Waals surface area contributed by atoms with Gasteiger partial charge in [0.25, 0.3) is 0 Å². The number of carbonyl (C=O) groups excluding carboxylic acids is 1. The van der Waals surface area contributed by atoms with Crippen molar-refractivity contribution in [2.75, 3.05) is 0 Å². The van der Waals surface area contributed by atoms with Crippen molar-refractivity contribution < 1.29 is 4.79 Å². The zero-order valence-corrected chi connectivity index (χ0v) is 8.50. The highest BCUT2D eigenvalue weighted by atomic mass is 35.5. The van der Waals surface area contributed by atoms with E-state index in [1.165, 1.54) is 0 Å². The topological polar surface area (TPSA) is 43.1 Å². The number of Topliss-reactive ketones (excluding diaryl/α,β-unsaturated/α-hetero) is 1. The van der Waals surface area contributed by atoms with Crippen LogP contribution in [-0.4, -0.2) is 11.8 Å². The van der Waals surface area contributed by atoms with Gasteiger partial charge in [-0.25, -0.2) is 0 Å². The van der Waals surface area contributed by atoms with Crippen LogP contribution in [0.4, 0.5) is 0 Å². The Bertz CT molecular complexity index is 343. The molecule has 2 N–H and O–H groups in total. The van der Waals surface area contributed by atoms with Crippen LogP contribution < -0.4 is 5.73 Å². The van der Waals surface area contributed by atoms with Crippen molar-refractivity contribution in [3.8, 4) is 0 Å². The summed E-state index contributed by atoms with van der Waals surface area (Å²) in [6, 6.07) is 6.57. The Morgan fingerprint density at radius 1 is 1.36 bits per heavy atom. The molecular weight excluding hydrogens is 198 g/mol. The Labute approximate surface area is 88.1 Å². The molecule has 1 aromatic rings. The molecule has 0 amide bonds. The van der Waals surface area contributed by atoms with E-state index in [0.29, 0.717) is 16.5 Å². The molecule has 3 heteroatoms. The third kappa shape index (κ3) is 1.97. The lowest BCUT2D eigenvalue weighted by molar-refractivity contribution is 0.0952. The van der Waals surface area contributed by atoms with Gasteiger partial charge in [-0.15, -0.1) is 0 Å². The van der Waals surface area contributed by atoms with E-state index in [-0.39, 0.29) is 11.8 Å². The maximum atomic E-state index is 11.8. The normalized spacial score (nSPS) is 17.9. The Morgan fingerprint density at radius 2 is 1.93 bits per heavy atom. The van der Waals surface area contributed by atoms with E-state index in [4.69, 9.17) is 17.3 Å². The second kappa shape index (κ2) is 3.71. The molecule has 1 aliphatic carbocycles. The molecule has 1 fully saturated rings. The molecule has 74 valence electrons. The average molecular weight is 210 g/mol. The fourth-order valence-electron chi connectivity index (χ4n) is 1.48. The predicted molar refractivity (Wildman–Crippen MR) is 56.5 cm³/mol. The molecule has 1 aromatic carbocycles. The molecule has 1 unspecified atom stereocenters. The summed E-state index contributed by atoms with van der Waals surface area (Å²) in [6.45, 7) is 0. The van der Waals surface area contributed by atoms with Gasteiger partial charge < -0.3 is 5.73 Å². The van der Waals surface area contributed by atoms with E-state index in [9.17, 15) is 4.79 Å². The first kappa shape index (κ1) is 9.69. The summed E-state index contributed by atoms with van der Waals surface area (Å²) in [5.74, 6) is 0.433. The summed E-state index contributed by atoms with van der Waals surface area (Å²) < 4.78 is 0. The number of halogens is 1. The highest BCUT2D eigenvalue weighted by Gasteiger charge is 2.33. The molecule has 0 spiro atoms. The smallest absolute Gasteiger partial charge is 0.179 e. The molecule has 1 saturated carbocycles. The van der Waals surface area contributed by atoms with Crippen molar-refractivity contribution in [1.82, 2.24) is 0 Å². The maximum Gasteiger partial charge on any atom is 0.179 e. The van der Waals surface area contributed by atoms with E-state index in [1.807, 2.05) is 0 Å². The first-order chi connectivity index (χ1) is 6.68. The summed E-state index contributed by atoms with van der Waals surface area (Å²) in [7, 11) is 0. The first-order valence-electron chi connectivity index (χ1n) is 4.74. The summed E-state index contributed by atoms with van der Waals surface area (Å²) in [5.41, 5.74) is 6.47. The second-order valence-corrected chi connectivity index (χ2v) is 4.17. The fraction of sp³-hybridized carbons (Fsp3) is 0.364. The van der Waals surface area contributed by atoms with Gasteiger partial charge in [0.1, 0.15) is 0 Å². The third-order valence-electron chi connectivity index (χ3n) is 2.56. The van der Waals surface area contributed by atoms with Crippen LogP contribution in [-0.2, 0) is 0 Å². The highest BCUT2D eigenvalue weighted by Crippen LogP contribution is 2.32. The first-order valence-corrected chi connectivity index (χ1v) is 5.11. The van der Waals surface area contributed by atoms with Crippen LogP contribution in [0, 0.1) is 5.92 Å². The molecule has 2 rings (SSSR count). The SMILES string of the molecule is NC(C(=O)c1ccc(Cl)cc1)C1CC1. The molecule has 0 aromatic heterocycles. The van der Waals surface area contributed by atoms with E-state index in [2.05, 4.69) is 0 Å². The largest absolute Gasteiger partial charge is 0.321 e. The number of hydrogen-bond acceptors (Lipinski definition) is 2. The van der Waals surface area contributed by atoms with Crippen molar-refractivity contribution in [2.24, 2.45) is 11.7 Å². The summed E-state index contributed by atoms with van der Waals surface area (Å²) >= 11 is 5.73. The van der Waals surface area contributed by atoms with Gasteiger partial charge in [0, 0.05) is 10.6 Å². The van der Waals surface area contributed by atoms with Crippen molar-refractivity contribution in [1.29, 1.82) is 0 Å². The van der Waals surface area contributed by atoms with Crippen LogP contribution >= 0.6 is 11.6 Å². The number of carbonyl (C=O) groups is 1. The molecular formula is C11H12ClNO. The summed E-state index contributed by atoms with van der Waals surface area (Å²) in [5, 5.41) is 0.640. The molecule has 14 heavy (non-hydrogen) atoms. The van der Waals surface area contributed by atoms with Gasteiger partial charge >= 0.3 is 0 Å². The minimum absolute atomic E-state index is 0.0316. The van der Waals surface area contributed by atoms with Crippen LogP contribution in [0.25, 0.3) is 0 Å². The standard InChI is InChI=1S/C11H12ClNO/c12-9-5-3-8(4-6-9)11(14)10(13)7-1-2-7/h3-7,10H,1-2,13H2. The van der Waals surface area contributed by atoms with Crippen LogP contribution in [0.5, 0.6) is 0 Å². The van der Waals surface area contributed by atoms with Crippen molar-refractivity contribution in [2.45, 2.75) is 18.9 Å². The minimum atomic E-state index is -0.323. The molecule has 1 atom stereocenters. The Morgan fingerprint density at radius 3 is 2.43 bits per heavy atom. The lowest BCUT2D eigenvalue weighted by Gasteiger charge is -2.08. The van der Waals surface area contributed by atoms with Gasteiger partial charge in [-0.1, -0.05) is 11.6 Å². The predicted octanol–water partition coefficient (Wildman–Crippen LogP) is 2.26. The van der Waals surface area contributed by atoms with Gasteiger partial charge in [-0.05, 0) is 43.0 Å². The highest BCUT2D eigenvalue weighted by molar-refractivity contribution is 6.30. The summed E-state index contributed by atoms with van der Waals surface area (Å²) in [4.78, 5) is 11.8. The molecule has 2 nitrogen and oxygen atoms in total. The number of ketones is 1. The number of rotatable bonds is 3. The number of hydrogen-bond donors (Lipinski definition) is 1. The zero-order chi connectivity index (χ0) is 10.1. The van der Waals surface area contributed by atoms with Gasteiger partial charge in [0.05, 0.1) is 6.04 Å². The fourth-order valence-corrected chi connectivity index (χ4v) is 1.60. The lowest BCUT2D eigenvalue weighted by atomic mass is 10.0. The zero-order valence-electron chi connectivity index (χ0n) is 7.74. The van der Waals surface area contributed by atoms with Crippen molar-refractivity contribution in [3.63, 3.8) is 0 Å². The van der Waals surface area contributed by atoms with E-state index >= 15 is 0 Å². The summed E-state index contributed by atoms with van der Waals surface area (Å²) in [6.07, 6.45) is 2.17. The molecule has 0 bridgehead atoms. The van der Waals surface area contributed by atoms with Crippen LogP contribution in [0.1, 0.15) is 23.2 Å². The Hall–Kier alpha value is -0.860. The van der Waals surface area contributed by atoms with Crippen LogP contribution in [0.3, 0.4) is 0 Å². The van der Waals surface area contributed by atoms with E-state index in [0.717, 1.165) is 12.8 Å². The Balaban J connectivity index is 2.13. The van der Waals surface area contributed by atoms with Gasteiger partial charge in [-0.2, -0.15) is 0 Å². The monoisotopic (exact) mass is 209 g/mol. The van der Waals surface area contributed by atoms with Crippen LogP contribution in [0.15, 0.2) is 24.3 Å². The second-order valence-electron chi connectivity index (χ2n) is 3.73. The van der Waals surface area contributed by atoms with Gasteiger partial charge in [-0.3, -0.25) is 4.79 Å². The average Bonchev–Trinajstić information content (AvgIpc) is 3.00. The van der Waals surface area contributed by atoms with Crippen LogP contribution in [0.2, 0.25) is 5.02 Å². The maximum absolute atomic E-state index is 11.8. The molecule has 0 saturated heterocycles. The third-order valence-corrected chi connectivity index (χ3v) is 2.81. The number of nitrogens with two attached hydrogens (primary N) is 1. The number of benzene rings is 1. The minimum Gasteiger partial charge on any atom is -0.321 e. The molecule has 0 heterocycles. The van der Waals surface area contributed by atoms with E-state index in [1.54, 1.807) is 24.3 Å².